The summed E-state index contributed by atoms with van der Waals surface area (Å²) in [7, 11) is 0. The first-order valence-corrected chi connectivity index (χ1v) is 10.1. The number of hydrogen-bond acceptors (Lipinski definition) is 5. The van der Waals surface area contributed by atoms with E-state index >= 15 is 0 Å². The highest BCUT2D eigenvalue weighted by Crippen LogP contribution is 2.30. The molecule has 0 bridgehead atoms. The molecule has 0 aromatic heterocycles. The summed E-state index contributed by atoms with van der Waals surface area (Å²) in [5.74, 6) is 1.17. The highest BCUT2D eigenvalue weighted by atomic mass is 16.6. The van der Waals surface area contributed by atoms with Crippen molar-refractivity contribution >= 4 is 28.7 Å². The first kappa shape index (κ1) is 19.7. The molecule has 30 heavy (non-hydrogen) atoms. The first-order chi connectivity index (χ1) is 14.7. The standard InChI is InChI=1S/C25H23NO4/c1-3-13-29-22-12-9-17(15-23(22)28-4-2)14-21-25(27)30-24(26-21)20-11-10-18-7-5-6-8-19(18)16-20/h5-12,14-16H,3-4,13H2,1-2H3/b21-14+. The van der Waals surface area contributed by atoms with Gasteiger partial charge in [-0.1, -0.05) is 43.3 Å². The van der Waals surface area contributed by atoms with Crippen LogP contribution in [0.5, 0.6) is 11.5 Å². The zero-order valence-corrected chi connectivity index (χ0v) is 17.1. The lowest BCUT2D eigenvalue weighted by atomic mass is 10.1. The maximum absolute atomic E-state index is 12.4. The van der Waals surface area contributed by atoms with Crippen LogP contribution in [0.25, 0.3) is 16.8 Å². The van der Waals surface area contributed by atoms with Crippen molar-refractivity contribution in [3.63, 3.8) is 0 Å². The van der Waals surface area contributed by atoms with E-state index in [4.69, 9.17) is 14.2 Å². The summed E-state index contributed by atoms with van der Waals surface area (Å²) in [4.78, 5) is 16.8. The summed E-state index contributed by atoms with van der Waals surface area (Å²) >= 11 is 0. The smallest absolute Gasteiger partial charge is 0.363 e. The second-order valence-corrected chi connectivity index (χ2v) is 6.89. The molecule has 0 atom stereocenters. The summed E-state index contributed by atoms with van der Waals surface area (Å²) in [5.41, 5.74) is 1.81. The molecule has 0 unspecified atom stereocenters. The second kappa shape index (κ2) is 8.82. The Morgan fingerprint density at radius 1 is 0.933 bits per heavy atom. The molecule has 0 spiro atoms. The Kier molecular flexibility index (Phi) is 5.80. The molecule has 0 saturated heterocycles. The van der Waals surface area contributed by atoms with Crippen LogP contribution in [0, 0.1) is 0 Å². The quantitative estimate of drug-likeness (QED) is 0.394. The highest BCUT2D eigenvalue weighted by Gasteiger charge is 2.24. The number of hydrogen-bond donors (Lipinski definition) is 0. The molecule has 0 amide bonds. The van der Waals surface area contributed by atoms with Gasteiger partial charge in [-0.2, -0.15) is 0 Å². The van der Waals surface area contributed by atoms with E-state index in [9.17, 15) is 4.79 Å². The Morgan fingerprint density at radius 2 is 1.77 bits per heavy atom. The van der Waals surface area contributed by atoms with Crippen molar-refractivity contribution in [2.24, 2.45) is 4.99 Å². The van der Waals surface area contributed by atoms with E-state index in [-0.39, 0.29) is 5.70 Å². The molecule has 5 nitrogen and oxygen atoms in total. The van der Waals surface area contributed by atoms with Gasteiger partial charge < -0.3 is 14.2 Å². The molecule has 152 valence electrons. The normalized spacial score (nSPS) is 14.7. The van der Waals surface area contributed by atoms with Crippen LogP contribution in [0.3, 0.4) is 0 Å². The number of aliphatic imine (C=N–C) groups is 1. The second-order valence-electron chi connectivity index (χ2n) is 6.89. The van der Waals surface area contributed by atoms with E-state index in [1.165, 1.54) is 0 Å². The lowest BCUT2D eigenvalue weighted by Gasteiger charge is -2.12. The fourth-order valence-electron chi connectivity index (χ4n) is 3.23. The van der Waals surface area contributed by atoms with Gasteiger partial charge in [-0.25, -0.2) is 9.79 Å². The molecule has 1 heterocycles. The van der Waals surface area contributed by atoms with Crippen molar-refractivity contribution in [2.45, 2.75) is 20.3 Å². The third kappa shape index (κ3) is 4.20. The molecule has 5 heteroatoms. The van der Waals surface area contributed by atoms with Gasteiger partial charge in [0.2, 0.25) is 5.90 Å². The first-order valence-electron chi connectivity index (χ1n) is 10.1. The van der Waals surface area contributed by atoms with Gasteiger partial charge >= 0.3 is 5.97 Å². The van der Waals surface area contributed by atoms with Gasteiger partial charge in [-0.15, -0.1) is 0 Å². The van der Waals surface area contributed by atoms with Crippen molar-refractivity contribution in [3.05, 3.63) is 77.5 Å². The summed E-state index contributed by atoms with van der Waals surface area (Å²) < 4.78 is 16.8. The third-order valence-corrected chi connectivity index (χ3v) is 4.65. The lowest BCUT2D eigenvalue weighted by Crippen LogP contribution is -2.05. The molecule has 4 rings (SSSR count). The SMILES string of the molecule is CCCOc1ccc(/C=C2/N=C(c3ccc4ccccc4c3)OC2=O)cc1OCC. The lowest BCUT2D eigenvalue weighted by molar-refractivity contribution is -0.129. The van der Waals surface area contributed by atoms with E-state index in [0.717, 1.165) is 28.3 Å². The number of esters is 1. The molecular weight excluding hydrogens is 378 g/mol. The number of carbonyl (C=O) groups is 1. The molecule has 0 saturated carbocycles. The number of rotatable bonds is 7. The summed E-state index contributed by atoms with van der Waals surface area (Å²) in [6.45, 7) is 5.11. The van der Waals surface area contributed by atoms with Crippen LogP contribution in [-0.4, -0.2) is 25.1 Å². The van der Waals surface area contributed by atoms with E-state index in [1.807, 2.05) is 67.6 Å². The van der Waals surface area contributed by atoms with Gasteiger partial charge in [-0.05, 0) is 60.0 Å². The van der Waals surface area contributed by atoms with Gasteiger partial charge in [0.25, 0.3) is 0 Å². The van der Waals surface area contributed by atoms with Crippen LogP contribution < -0.4 is 9.47 Å². The third-order valence-electron chi connectivity index (χ3n) is 4.65. The van der Waals surface area contributed by atoms with Crippen molar-refractivity contribution in [3.8, 4) is 11.5 Å². The van der Waals surface area contributed by atoms with Gasteiger partial charge in [0.1, 0.15) is 0 Å². The van der Waals surface area contributed by atoms with Crippen LogP contribution in [0.1, 0.15) is 31.4 Å². The van der Waals surface area contributed by atoms with Crippen molar-refractivity contribution in [2.75, 3.05) is 13.2 Å². The molecule has 1 aliphatic rings. The number of carbonyl (C=O) groups excluding carboxylic acids is 1. The van der Waals surface area contributed by atoms with E-state index in [1.54, 1.807) is 6.08 Å². The molecular formula is C25H23NO4. The van der Waals surface area contributed by atoms with Crippen LogP contribution in [0.2, 0.25) is 0 Å². The fourth-order valence-corrected chi connectivity index (χ4v) is 3.23. The number of nitrogens with zero attached hydrogens (tertiary/aromatic N) is 1. The summed E-state index contributed by atoms with van der Waals surface area (Å²) in [6.07, 6.45) is 2.61. The minimum Gasteiger partial charge on any atom is -0.490 e. The molecule has 0 aliphatic carbocycles. The highest BCUT2D eigenvalue weighted by molar-refractivity contribution is 6.13. The van der Waals surface area contributed by atoms with Gasteiger partial charge in [0.15, 0.2) is 17.2 Å². The number of benzene rings is 3. The molecule has 0 N–H and O–H groups in total. The van der Waals surface area contributed by atoms with Crippen molar-refractivity contribution in [1.29, 1.82) is 0 Å². The average molecular weight is 401 g/mol. The Bertz CT molecular complexity index is 1150. The topological polar surface area (TPSA) is 57.1 Å². The van der Waals surface area contributed by atoms with Crippen LogP contribution in [0.4, 0.5) is 0 Å². The number of ether oxygens (including phenoxy) is 3. The van der Waals surface area contributed by atoms with Crippen LogP contribution in [0.15, 0.2) is 71.4 Å². The predicted octanol–water partition coefficient (Wildman–Crippen LogP) is 5.37. The fraction of sp³-hybridized carbons (Fsp3) is 0.200. The largest absolute Gasteiger partial charge is 0.490 e. The maximum Gasteiger partial charge on any atom is 0.363 e. The van der Waals surface area contributed by atoms with E-state index < -0.39 is 5.97 Å². The zero-order valence-electron chi connectivity index (χ0n) is 17.1. The van der Waals surface area contributed by atoms with Crippen LogP contribution in [-0.2, 0) is 9.53 Å². The Morgan fingerprint density at radius 3 is 2.57 bits per heavy atom. The molecule has 3 aromatic rings. The molecule has 3 aromatic carbocycles. The number of cyclic esters (lactones) is 1. The zero-order chi connectivity index (χ0) is 20.9. The van der Waals surface area contributed by atoms with E-state index in [2.05, 4.69) is 11.9 Å². The van der Waals surface area contributed by atoms with Gasteiger partial charge in [-0.3, -0.25) is 0 Å². The van der Waals surface area contributed by atoms with Crippen molar-refractivity contribution in [1.82, 2.24) is 0 Å². The van der Waals surface area contributed by atoms with Gasteiger partial charge in [0, 0.05) is 5.56 Å². The number of fused-ring (bicyclic) bond motifs is 1. The van der Waals surface area contributed by atoms with E-state index in [0.29, 0.717) is 30.6 Å². The Hall–Kier alpha value is -3.60. The molecule has 0 fully saturated rings. The van der Waals surface area contributed by atoms with Crippen molar-refractivity contribution < 1.29 is 19.0 Å². The monoisotopic (exact) mass is 401 g/mol. The molecule has 1 aliphatic heterocycles. The Labute approximate surface area is 175 Å². The average Bonchev–Trinajstić information content (AvgIpc) is 3.13. The minimum absolute atomic E-state index is 0.253. The van der Waals surface area contributed by atoms with Gasteiger partial charge in [0.05, 0.1) is 13.2 Å². The summed E-state index contributed by atoms with van der Waals surface area (Å²) in [5, 5.41) is 2.19. The maximum atomic E-state index is 12.4. The molecule has 0 radical (unpaired) electrons. The van der Waals surface area contributed by atoms with Crippen LogP contribution >= 0.6 is 0 Å². The Balaban J connectivity index is 1.63. The minimum atomic E-state index is -0.470. The predicted molar refractivity (Wildman–Crippen MR) is 118 cm³/mol. The summed E-state index contributed by atoms with van der Waals surface area (Å²) in [6, 6.07) is 19.5.